The second kappa shape index (κ2) is 2.95. The van der Waals surface area contributed by atoms with Gasteiger partial charge in [0.1, 0.15) is 23.9 Å². The molecule has 0 unspecified atom stereocenters. The van der Waals surface area contributed by atoms with E-state index in [1.807, 2.05) is 0 Å². The van der Waals surface area contributed by atoms with Crippen LogP contribution in [0.5, 0.6) is 0 Å². The molecule has 74 valence electrons. The normalized spacial score (nSPS) is 15.1. The zero-order valence-electron chi connectivity index (χ0n) is 7.99. The summed E-state index contributed by atoms with van der Waals surface area (Å²) in [5.41, 5.74) is 1.30. The number of H-pyrrole nitrogens is 1. The minimum atomic E-state index is 0.518. The number of nitriles is 1. The summed E-state index contributed by atoms with van der Waals surface area (Å²) in [6.45, 7) is 0. The van der Waals surface area contributed by atoms with Gasteiger partial charge < -0.3 is 10.3 Å². The van der Waals surface area contributed by atoms with Crippen molar-refractivity contribution in [2.75, 3.05) is 5.32 Å². The highest BCUT2D eigenvalue weighted by Crippen LogP contribution is 2.28. The molecule has 0 aliphatic heterocycles. The summed E-state index contributed by atoms with van der Waals surface area (Å²) in [4.78, 5) is 11.2. The monoisotopic (exact) mass is 199 g/mol. The molecule has 1 aliphatic rings. The van der Waals surface area contributed by atoms with Gasteiger partial charge in [0.25, 0.3) is 0 Å². The second-order valence-corrected chi connectivity index (χ2v) is 3.68. The number of nitrogens with one attached hydrogen (secondary N) is 2. The van der Waals surface area contributed by atoms with Crippen molar-refractivity contribution in [3.63, 3.8) is 0 Å². The highest BCUT2D eigenvalue weighted by atomic mass is 15.1. The maximum Gasteiger partial charge on any atom is 0.144 e. The number of rotatable bonds is 2. The van der Waals surface area contributed by atoms with E-state index in [0.717, 1.165) is 11.2 Å². The highest BCUT2D eigenvalue weighted by Gasteiger charge is 2.23. The van der Waals surface area contributed by atoms with E-state index in [-0.39, 0.29) is 0 Å². The first kappa shape index (κ1) is 8.24. The van der Waals surface area contributed by atoms with E-state index >= 15 is 0 Å². The van der Waals surface area contributed by atoms with Crippen LogP contribution in [0, 0.1) is 11.3 Å². The summed E-state index contributed by atoms with van der Waals surface area (Å²) in [5.74, 6) is 0.764. The average Bonchev–Trinajstić information content (AvgIpc) is 2.97. The summed E-state index contributed by atoms with van der Waals surface area (Å²) >= 11 is 0. The van der Waals surface area contributed by atoms with Gasteiger partial charge in [-0.1, -0.05) is 0 Å². The fraction of sp³-hybridized carbons (Fsp3) is 0.300. The molecule has 0 bridgehead atoms. The van der Waals surface area contributed by atoms with Gasteiger partial charge in [0.2, 0.25) is 0 Å². The smallest absolute Gasteiger partial charge is 0.144 e. The van der Waals surface area contributed by atoms with Crippen molar-refractivity contribution in [3.05, 3.63) is 18.1 Å². The third kappa shape index (κ3) is 1.31. The number of nitrogens with zero attached hydrogens (tertiary/aromatic N) is 3. The molecule has 2 N–H and O–H groups in total. The summed E-state index contributed by atoms with van der Waals surface area (Å²) < 4.78 is 0. The maximum atomic E-state index is 8.95. The molecular weight excluding hydrogens is 190 g/mol. The van der Waals surface area contributed by atoms with E-state index in [0.29, 0.717) is 17.3 Å². The van der Waals surface area contributed by atoms with E-state index < -0.39 is 0 Å². The summed E-state index contributed by atoms with van der Waals surface area (Å²) in [6, 6.07) is 2.65. The van der Waals surface area contributed by atoms with Gasteiger partial charge in [-0.25, -0.2) is 9.97 Å². The van der Waals surface area contributed by atoms with Crippen molar-refractivity contribution in [1.82, 2.24) is 15.0 Å². The fourth-order valence-electron chi connectivity index (χ4n) is 1.58. The van der Waals surface area contributed by atoms with E-state index in [4.69, 9.17) is 5.26 Å². The number of hydrogen-bond donors (Lipinski definition) is 2. The Hall–Kier alpha value is -2.09. The predicted molar refractivity (Wildman–Crippen MR) is 55.2 cm³/mol. The molecule has 2 heterocycles. The van der Waals surface area contributed by atoms with Crippen LogP contribution in [0.1, 0.15) is 18.4 Å². The van der Waals surface area contributed by atoms with Crippen molar-refractivity contribution >= 4 is 16.9 Å². The van der Waals surface area contributed by atoms with Gasteiger partial charge in [-0.05, 0) is 12.8 Å². The quantitative estimate of drug-likeness (QED) is 0.766. The SMILES string of the molecule is N#Cc1c[nH]c2ncnc(NC3CC3)c12. The van der Waals surface area contributed by atoms with Crippen LogP contribution in [0.4, 0.5) is 5.82 Å². The number of aromatic amines is 1. The predicted octanol–water partition coefficient (Wildman–Crippen LogP) is 1.40. The molecule has 0 radical (unpaired) electrons. The third-order valence-corrected chi connectivity index (χ3v) is 2.51. The molecule has 0 amide bonds. The maximum absolute atomic E-state index is 8.95. The Balaban J connectivity index is 2.18. The standard InChI is InChI=1S/C10H9N5/c11-3-6-4-12-9-8(6)10(14-5-13-9)15-7-1-2-7/h4-5,7H,1-2H2,(H2,12,13,14,15). The van der Waals surface area contributed by atoms with Crippen LogP contribution < -0.4 is 5.32 Å². The Labute approximate surface area is 86.2 Å². The average molecular weight is 199 g/mol. The molecule has 1 saturated carbocycles. The topological polar surface area (TPSA) is 77.4 Å². The third-order valence-electron chi connectivity index (χ3n) is 2.51. The van der Waals surface area contributed by atoms with Crippen LogP contribution in [0.3, 0.4) is 0 Å². The van der Waals surface area contributed by atoms with Gasteiger partial charge in [-0.15, -0.1) is 0 Å². The zero-order valence-corrected chi connectivity index (χ0v) is 7.99. The molecule has 2 aromatic rings. The van der Waals surface area contributed by atoms with E-state index in [1.165, 1.54) is 19.2 Å². The van der Waals surface area contributed by atoms with Gasteiger partial charge in [0.05, 0.1) is 10.9 Å². The lowest BCUT2D eigenvalue weighted by molar-refractivity contribution is 1.10. The Morgan fingerprint density at radius 2 is 2.33 bits per heavy atom. The van der Waals surface area contributed by atoms with E-state index in [1.54, 1.807) is 6.20 Å². The molecule has 1 fully saturated rings. The zero-order chi connectivity index (χ0) is 10.3. The van der Waals surface area contributed by atoms with Crippen molar-refractivity contribution in [1.29, 1.82) is 5.26 Å². The molecule has 3 rings (SSSR count). The molecule has 0 spiro atoms. The Morgan fingerprint density at radius 3 is 3.07 bits per heavy atom. The van der Waals surface area contributed by atoms with Gasteiger partial charge in [-0.3, -0.25) is 0 Å². The summed E-state index contributed by atoms with van der Waals surface area (Å²) in [6.07, 6.45) is 5.53. The molecule has 0 atom stereocenters. The van der Waals surface area contributed by atoms with Gasteiger partial charge in [0.15, 0.2) is 0 Å². The lowest BCUT2D eigenvalue weighted by Crippen LogP contribution is -2.03. The number of hydrogen-bond acceptors (Lipinski definition) is 4. The van der Waals surface area contributed by atoms with Gasteiger partial charge in [-0.2, -0.15) is 5.26 Å². The molecular formula is C10H9N5. The molecule has 5 nitrogen and oxygen atoms in total. The first-order valence-electron chi connectivity index (χ1n) is 4.87. The van der Waals surface area contributed by atoms with Crippen LogP contribution >= 0.6 is 0 Å². The largest absolute Gasteiger partial charge is 0.367 e. The van der Waals surface area contributed by atoms with Crippen molar-refractivity contribution < 1.29 is 0 Å². The molecule has 0 saturated heterocycles. The van der Waals surface area contributed by atoms with Gasteiger partial charge >= 0.3 is 0 Å². The van der Waals surface area contributed by atoms with Crippen LogP contribution in [0.15, 0.2) is 12.5 Å². The van der Waals surface area contributed by atoms with E-state index in [9.17, 15) is 0 Å². The fourth-order valence-corrected chi connectivity index (χ4v) is 1.58. The lowest BCUT2D eigenvalue weighted by Gasteiger charge is -2.03. The first-order chi connectivity index (χ1) is 7.38. The van der Waals surface area contributed by atoms with Gasteiger partial charge in [0, 0.05) is 12.2 Å². The molecule has 15 heavy (non-hydrogen) atoms. The minimum absolute atomic E-state index is 0.518. The van der Waals surface area contributed by atoms with Crippen LogP contribution in [-0.4, -0.2) is 21.0 Å². The molecule has 1 aliphatic carbocycles. The Kier molecular flexibility index (Phi) is 1.62. The van der Waals surface area contributed by atoms with Crippen molar-refractivity contribution in [2.24, 2.45) is 0 Å². The van der Waals surface area contributed by atoms with Crippen LogP contribution in [0.25, 0.3) is 11.0 Å². The van der Waals surface area contributed by atoms with Crippen molar-refractivity contribution in [3.8, 4) is 6.07 Å². The molecule has 5 heteroatoms. The summed E-state index contributed by atoms with van der Waals surface area (Å²) in [7, 11) is 0. The highest BCUT2D eigenvalue weighted by molar-refractivity contribution is 5.92. The Morgan fingerprint density at radius 1 is 1.47 bits per heavy atom. The Bertz CT molecular complexity index is 546. The molecule has 2 aromatic heterocycles. The number of anilines is 1. The van der Waals surface area contributed by atoms with E-state index in [2.05, 4.69) is 26.3 Å². The second-order valence-electron chi connectivity index (χ2n) is 3.68. The number of fused-ring (bicyclic) bond motifs is 1. The summed E-state index contributed by atoms with van der Waals surface area (Å²) in [5, 5.41) is 13.0. The van der Waals surface area contributed by atoms with Crippen LogP contribution in [-0.2, 0) is 0 Å². The molecule has 0 aromatic carbocycles. The lowest BCUT2D eigenvalue weighted by atomic mass is 10.2. The van der Waals surface area contributed by atoms with Crippen molar-refractivity contribution in [2.45, 2.75) is 18.9 Å². The van der Waals surface area contributed by atoms with Crippen LogP contribution in [0.2, 0.25) is 0 Å². The first-order valence-corrected chi connectivity index (χ1v) is 4.87. The number of aromatic nitrogens is 3. The minimum Gasteiger partial charge on any atom is -0.367 e.